The first-order chi connectivity index (χ1) is 1.73. The summed E-state index contributed by atoms with van der Waals surface area (Å²) in [6.07, 6.45) is 0. The van der Waals surface area contributed by atoms with Gasteiger partial charge in [0.1, 0.15) is 0 Å². The van der Waals surface area contributed by atoms with Crippen molar-refractivity contribution in [1.82, 2.24) is 0 Å². The van der Waals surface area contributed by atoms with Gasteiger partial charge in [-0.2, -0.15) is 0 Å². The molecule has 26 valence electrons. The maximum absolute atomic E-state index is 4.99. The zero-order valence-corrected chi connectivity index (χ0v) is 6.05. The van der Waals surface area contributed by atoms with Gasteiger partial charge < -0.3 is 0 Å². The first-order valence-electron chi connectivity index (χ1n) is 0.507. The number of halogens is 3. The Hall–Kier alpha value is 1.61. The van der Waals surface area contributed by atoms with Crippen molar-refractivity contribution in [2.75, 3.05) is 0 Å². The van der Waals surface area contributed by atoms with Crippen molar-refractivity contribution in [3.8, 4) is 0 Å². The van der Waals surface area contributed by atoms with Gasteiger partial charge >= 0.3 is 42.8 Å². The Balaban J connectivity index is 2.32. The van der Waals surface area contributed by atoms with E-state index in [-0.39, 0.29) is 0 Å². The summed E-state index contributed by atoms with van der Waals surface area (Å²) in [6.45, 7) is 0. The molecule has 4 heteroatoms. The van der Waals surface area contributed by atoms with Crippen LogP contribution in [0.1, 0.15) is 0 Å². The monoisotopic (exact) mass is 198 g/mol. The molecule has 0 atom stereocenters. The molecule has 0 aromatic rings. The first-order valence-corrected chi connectivity index (χ1v) is 9.00. The fourth-order valence-electron chi connectivity index (χ4n) is 0. The molecule has 0 nitrogen and oxygen atoms in total. The fraction of sp³-hybridized carbons (Fsp3) is 0. The summed E-state index contributed by atoms with van der Waals surface area (Å²) < 4.78 is 0. The van der Waals surface area contributed by atoms with Crippen LogP contribution in [0.5, 0.6) is 0 Å². The van der Waals surface area contributed by atoms with Gasteiger partial charge in [0.05, 0.1) is 0 Å². The normalized spacial score (nSPS) is 9.00. The second-order valence-electron chi connectivity index (χ2n) is 0.192. The second kappa shape index (κ2) is 2.83. The molecule has 0 saturated heterocycles. The van der Waals surface area contributed by atoms with Gasteiger partial charge in [-0.15, -0.1) is 0 Å². The van der Waals surface area contributed by atoms with Gasteiger partial charge in [-0.05, 0) is 0 Å². The Bertz CT molecular complexity index is 8.00. The van der Waals surface area contributed by atoms with Crippen molar-refractivity contribution >= 4 is 27.6 Å². The van der Waals surface area contributed by atoms with Crippen LogP contribution in [0.25, 0.3) is 0 Å². The molecular weight excluding hydrogens is 199 g/mol. The van der Waals surface area contributed by atoms with E-state index in [0.717, 1.165) is 0 Å². The van der Waals surface area contributed by atoms with Gasteiger partial charge in [0.15, 0.2) is 0 Å². The number of rotatable bonds is 0. The molecule has 0 fully saturated rings. The molecule has 0 aromatic heterocycles. The molecule has 0 bridgehead atoms. The zero-order valence-electron chi connectivity index (χ0n) is 1.58. The molecule has 4 heavy (non-hydrogen) atoms. The van der Waals surface area contributed by atoms with Gasteiger partial charge in [-0.25, -0.2) is 0 Å². The third kappa shape index (κ3) is 9.49. The minimum absolute atomic E-state index is 2.03. The van der Waals surface area contributed by atoms with Crippen LogP contribution in [-0.2, 0) is 15.2 Å². The van der Waals surface area contributed by atoms with Crippen LogP contribution in [-0.4, -0.2) is 0 Å². The Kier molecular flexibility index (Phi) is 3.97. The van der Waals surface area contributed by atoms with E-state index in [4.69, 9.17) is 27.6 Å². The predicted octanol–water partition coefficient (Wildman–Crippen LogP) is 2.07. The van der Waals surface area contributed by atoms with E-state index in [1.54, 1.807) is 0 Å². The van der Waals surface area contributed by atoms with Crippen LogP contribution in [0.3, 0.4) is 0 Å². The number of hydrogen-bond acceptors (Lipinski definition) is 0. The van der Waals surface area contributed by atoms with E-state index >= 15 is 0 Å². The van der Waals surface area contributed by atoms with E-state index in [1.165, 1.54) is 0 Å². The summed E-state index contributed by atoms with van der Waals surface area (Å²) >= 11 is -2.03. The molecule has 0 spiro atoms. The molecule has 0 rings (SSSR count). The molecule has 0 heterocycles. The molecule has 0 amide bonds. The molecule has 0 unspecified atom stereocenters. The van der Waals surface area contributed by atoms with Crippen LogP contribution in [0.2, 0.25) is 0 Å². The molecule has 0 aliphatic heterocycles. The average molecular weight is 199 g/mol. The van der Waals surface area contributed by atoms with E-state index in [9.17, 15) is 0 Å². The van der Waals surface area contributed by atoms with E-state index < -0.39 is 15.2 Å². The van der Waals surface area contributed by atoms with Gasteiger partial charge in [-0.1, -0.05) is 0 Å². The first kappa shape index (κ1) is 5.61. The Labute approximate surface area is 42.6 Å². The van der Waals surface area contributed by atoms with Crippen molar-refractivity contribution in [2.45, 2.75) is 0 Å². The molecular formula is Cl3Nb. The average Bonchev–Trinajstić information content (AvgIpc) is 0.811. The van der Waals surface area contributed by atoms with Gasteiger partial charge in [-0.3, -0.25) is 0 Å². The van der Waals surface area contributed by atoms with Crippen molar-refractivity contribution in [2.24, 2.45) is 0 Å². The molecule has 0 saturated carbocycles. The van der Waals surface area contributed by atoms with E-state index in [1.807, 2.05) is 0 Å². The standard InChI is InChI=1S/3ClH.Nb/h3*1H;/q;;;+3/p-3. The third-order valence-electron chi connectivity index (χ3n) is 0. The fourth-order valence-corrected chi connectivity index (χ4v) is 0. The molecule has 0 aliphatic carbocycles. The van der Waals surface area contributed by atoms with Crippen LogP contribution in [0, 0.1) is 0 Å². The van der Waals surface area contributed by atoms with Crippen LogP contribution < -0.4 is 0 Å². The topological polar surface area (TPSA) is 0 Å². The van der Waals surface area contributed by atoms with Crippen molar-refractivity contribution < 1.29 is 15.2 Å². The molecule has 0 aliphatic rings. The van der Waals surface area contributed by atoms with E-state index in [2.05, 4.69) is 0 Å². The Morgan fingerprint density at radius 2 is 1.00 bits per heavy atom. The molecule has 0 radical (unpaired) electrons. The molecule has 0 N–H and O–H groups in total. The minimum atomic E-state index is -2.03. The van der Waals surface area contributed by atoms with Crippen LogP contribution >= 0.6 is 27.6 Å². The third-order valence-corrected chi connectivity index (χ3v) is 0. The predicted molar refractivity (Wildman–Crippen MR) is 17.6 cm³/mol. The number of hydrogen-bond donors (Lipinski definition) is 0. The van der Waals surface area contributed by atoms with E-state index in [0.29, 0.717) is 0 Å². The summed E-state index contributed by atoms with van der Waals surface area (Å²) in [7, 11) is 15.0. The summed E-state index contributed by atoms with van der Waals surface area (Å²) in [5.74, 6) is 0. The van der Waals surface area contributed by atoms with Crippen LogP contribution in [0.15, 0.2) is 0 Å². The van der Waals surface area contributed by atoms with Crippen molar-refractivity contribution in [3.63, 3.8) is 0 Å². The van der Waals surface area contributed by atoms with Crippen molar-refractivity contribution in [3.05, 3.63) is 0 Å². The van der Waals surface area contributed by atoms with Crippen molar-refractivity contribution in [1.29, 1.82) is 0 Å². The Morgan fingerprint density at radius 1 is 1.00 bits per heavy atom. The SMILES string of the molecule is [Cl][Nb]([Cl])[Cl]. The molecule has 0 aromatic carbocycles. The summed E-state index contributed by atoms with van der Waals surface area (Å²) in [6, 6.07) is 0. The van der Waals surface area contributed by atoms with Gasteiger partial charge in [0, 0.05) is 0 Å². The Morgan fingerprint density at radius 3 is 1.00 bits per heavy atom. The second-order valence-corrected chi connectivity index (χ2v) is 10.2. The summed E-state index contributed by atoms with van der Waals surface area (Å²) in [4.78, 5) is 0. The summed E-state index contributed by atoms with van der Waals surface area (Å²) in [5.41, 5.74) is 0. The zero-order chi connectivity index (χ0) is 3.58. The maximum atomic E-state index is 4.99. The van der Waals surface area contributed by atoms with Crippen LogP contribution in [0.4, 0.5) is 0 Å². The van der Waals surface area contributed by atoms with Gasteiger partial charge in [0.25, 0.3) is 0 Å². The quantitative estimate of drug-likeness (QED) is 0.524. The summed E-state index contributed by atoms with van der Waals surface area (Å²) in [5, 5.41) is 0. The van der Waals surface area contributed by atoms with Gasteiger partial charge in [0.2, 0.25) is 0 Å².